The lowest BCUT2D eigenvalue weighted by atomic mass is 10.1. The zero-order valence-electron chi connectivity index (χ0n) is 13.6. The summed E-state index contributed by atoms with van der Waals surface area (Å²) in [7, 11) is 2.77. The van der Waals surface area contributed by atoms with Gasteiger partial charge in [-0.15, -0.1) is 0 Å². The molecule has 2 aromatic rings. The summed E-state index contributed by atoms with van der Waals surface area (Å²) >= 11 is 0. The zero-order chi connectivity index (χ0) is 17.1. The Morgan fingerprint density at radius 1 is 1.33 bits per heavy atom. The number of aromatic nitrogens is 2. The molecule has 0 radical (unpaired) electrons. The molecule has 1 aromatic heterocycles. The fourth-order valence-electron chi connectivity index (χ4n) is 2.42. The van der Waals surface area contributed by atoms with Crippen molar-refractivity contribution < 1.29 is 23.4 Å². The van der Waals surface area contributed by atoms with E-state index in [-0.39, 0.29) is 12.2 Å². The molecule has 128 valence electrons. The molecular weight excluding hydrogens is 315 g/mol. The average molecular weight is 334 g/mol. The van der Waals surface area contributed by atoms with Crippen molar-refractivity contribution in [3.05, 3.63) is 41.7 Å². The van der Waals surface area contributed by atoms with Crippen molar-refractivity contribution in [2.24, 2.45) is 0 Å². The van der Waals surface area contributed by atoms with Gasteiger partial charge in [0, 0.05) is 25.3 Å². The number of methoxy groups -OCH3 is 2. The number of carbonyl (C=O) groups is 1. The normalized spacial score (nSPS) is 13.8. The molecule has 24 heavy (non-hydrogen) atoms. The van der Waals surface area contributed by atoms with Gasteiger partial charge < -0.3 is 18.8 Å². The van der Waals surface area contributed by atoms with Crippen LogP contribution in [0.3, 0.4) is 0 Å². The van der Waals surface area contributed by atoms with E-state index in [4.69, 9.17) is 9.47 Å². The second kappa shape index (κ2) is 7.00. The predicted molar refractivity (Wildman–Crippen MR) is 84.2 cm³/mol. The number of hydrogen-bond acceptors (Lipinski definition) is 5. The average Bonchev–Trinajstić information content (AvgIpc) is 3.32. The van der Waals surface area contributed by atoms with Gasteiger partial charge in [-0.25, -0.2) is 14.2 Å². The van der Waals surface area contributed by atoms with Crippen LogP contribution in [0.4, 0.5) is 4.39 Å². The van der Waals surface area contributed by atoms with E-state index in [0.29, 0.717) is 24.0 Å². The van der Waals surface area contributed by atoms with E-state index in [1.807, 2.05) is 6.20 Å². The number of rotatable bonds is 7. The highest BCUT2D eigenvalue weighted by atomic mass is 19.1. The third-order valence-electron chi connectivity index (χ3n) is 3.88. The van der Waals surface area contributed by atoms with Gasteiger partial charge in [-0.2, -0.15) is 0 Å². The highest BCUT2D eigenvalue weighted by molar-refractivity contribution is 5.90. The summed E-state index contributed by atoms with van der Waals surface area (Å²) in [6.45, 7) is 0.641. The number of esters is 1. The Balaban J connectivity index is 1.99. The Bertz CT molecular complexity index is 740. The van der Waals surface area contributed by atoms with Crippen LogP contribution in [0.5, 0.6) is 5.75 Å². The largest absolute Gasteiger partial charge is 0.489 e. The molecule has 7 heteroatoms. The fraction of sp³-hybridized carbons (Fsp3) is 0.412. The number of hydrogen-bond donors (Lipinski definition) is 0. The number of imidazole rings is 1. The van der Waals surface area contributed by atoms with Gasteiger partial charge in [-0.3, -0.25) is 0 Å². The van der Waals surface area contributed by atoms with Crippen LogP contribution in [0.1, 0.15) is 34.8 Å². The van der Waals surface area contributed by atoms with Crippen LogP contribution in [0.2, 0.25) is 0 Å². The summed E-state index contributed by atoms with van der Waals surface area (Å²) in [5.41, 5.74) is 1.38. The van der Waals surface area contributed by atoms with Gasteiger partial charge >= 0.3 is 5.97 Å². The molecule has 0 aliphatic heterocycles. The highest BCUT2D eigenvalue weighted by Crippen LogP contribution is 2.39. The third-order valence-corrected chi connectivity index (χ3v) is 3.88. The first-order valence-electron chi connectivity index (χ1n) is 7.72. The molecule has 1 aliphatic carbocycles. The van der Waals surface area contributed by atoms with Crippen LogP contribution >= 0.6 is 0 Å². The molecule has 0 atom stereocenters. The first-order chi connectivity index (χ1) is 11.6. The Morgan fingerprint density at radius 3 is 2.79 bits per heavy atom. The van der Waals surface area contributed by atoms with Crippen LogP contribution < -0.4 is 4.74 Å². The molecule has 1 aromatic carbocycles. The van der Waals surface area contributed by atoms with Gasteiger partial charge in [0.1, 0.15) is 18.2 Å². The van der Waals surface area contributed by atoms with Gasteiger partial charge in [-0.1, -0.05) is 0 Å². The minimum atomic E-state index is -0.736. The van der Waals surface area contributed by atoms with Crippen molar-refractivity contribution >= 4 is 5.97 Å². The summed E-state index contributed by atoms with van der Waals surface area (Å²) in [4.78, 5) is 16.1. The maximum absolute atomic E-state index is 14.2. The summed E-state index contributed by atoms with van der Waals surface area (Å²) in [5.74, 6) is -0.623. The highest BCUT2D eigenvalue weighted by Gasteiger charge is 2.26. The Hall–Kier alpha value is -2.41. The van der Waals surface area contributed by atoms with Crippen LogP contribution in [0.15, 0.2) is 24.7 Å². The van der Waals surface area contributed by atoms with Gasteiger partial charge in [0.25, 0.3) is 0 Å². The van der Waals surface area contributed by atoms with Crippen molar-refractivity contribution in [2.75, 3.05) is 27.4 Å². The molecule has 1 aliphatic rings. The summed E-state index contributed by atoms with van der Waals surface area (Å²) < 4.78 is 31.1. The first kappa shape index (κ1) is 16.4. The van der Waals surface area contributed by atoms with Gasteiger partial charge in [0.05, 0.1) is 37.0 Å². The quantitative estimate of drug-likeness (QED) is 0.575. The minimum Gasteiger partial charge on any atom is -0.489 e. The van der Waals surface area contributed by atoms with E-state index in [2.05, 4.69) is 9.72 Å². The van der Waals surface area contributed by atoms with Gasteiger partial charge in [-0.05, 0) is 18.9 Å². The number of nitrogens with zero attached hydrogens (tertiary/aromatic N) is 2. The minimum absolute atomic E-state index is 0.145. The number of carbonyl (C=O) groups excluding carboxylic acids is 1. The van der Waals surface area contributed by atoms with E-state index in [9.17, 15) is 9.18 Å². The third kappa shape index (κ3) is 3.41. The second-order valence-electron chi connectivity index (χ2n) is 5.61. The second-order valence-corrected chi connectivity index (χ2v) is 5.61. The molecule has 1 heterocycles. The molecule has 0 saturated heterocycles. The topological polar surface area (TPSA) is 62.6 Å². The smallest absolute Gasteiger partial charge is 0.340 e. The molecule has 0 spiro atoms. The lowest BCUT2D eigenvalue weighted by Gasteiger charge is -2.14. The monoisotopic (exact) mass is 334 g/mol. The molecule has 0 unspecified atom stereocenters. The van der Waals surface area contributed by atoms with Crippen LogP contribution in [-0.4, -0.2) is 43.0 Å². The van der Waals surface area contributed by atoms with Crippen LogP contribution in [-0.2, 0) is 9.47 Å². The summed E-state index contributed by atoms with van der Waals surface area (Å²) in [6.07, 6.45) is 5.79. The Kier molecular flexibility index (Phi) is 4.80. The molecule has 0 amide bonds. The molecule has 0 N–H and O–H groups in total. The summed E-state index contributed by atoms with van der Waals surface area (Å²) in [5, 5.41) is 0. The summed E-state index contributed by atoms with van der Waals surface area (Å²) in [6, 6.07) is 2.61. The maximum Gasteiger partial charge on any atom is 0.340 e. The molecule has 0 bridgehead atoms. The van der Waals surface area contributed by atoms with E-state index < -0.39 is 11.8 Å². The molecule has 1 saturated carbocycles. The SMILES string of the molecule is COCCOc1cc(F)c(C(=O)OC)cc1-n1cnc(C2CC2)c1. The predicted octanol–water partition coefficient (Wildman–Crippen LogP) is 2.70. The molecule has 6 nitrogen and oxygen atoms in total. The lowest BCUT2D eigenvalue weighted by molar-refractivity contribution is 0.0595. The number of benzene rings is 1. The number of halogens is 1. The Morgan fingerprint density at radius 2 is 2.12 bits per heavy atom. The van der Waals surface area contributed by atoms with Crippen molar-refractivity contribution in [1.82, 2.24) is 9.55 Å². The number of ether oxygens (including phenoxy) is 3. The van der Waals surface area contributed by atoms with Gasteiger partial charge in [0.15, 0.2) is 0 Å². The van der Waals surface area contributed by atoms with E-state index in [1.165, 1.54) is 19.2 Å². The lowest BCUT2D eigenvalue weighted by Crippen LogP contribution is -2.10. The maximum atomic E-state index is 14.2. The van der Waals surface area contributed by atoms with Crippen molar-refractivity contribution in [1.29, 1.82) is 0 Å². The zero-order valence-corrected chi connectivity index (χ0v) is 13.6. The fourth-order valence-corrected chi connectivity index (χ4v) is 2.42. The van der Waals surface area contributed by atoms with Gasteiger partial charge in [0.2, 0.25) is 0 Å². The van der Waals surface area contributed by atoms with Crippen molar-refractivity contribution in [2.45, 2.75) is 18.8 Å². The van der Waals surface area contributed by atoms with Crippen LogP contribution in [0.25, 0.3) is 5.69 Å². The van der Waals surface area contributed by atoms with Crippen molar-refractivity contribution in [3.63, 3.8) is 0 Å². The van der Waals surface area contributed by atoms with Crippen LogP contribution in [0, 0.1) is 5.82 Å². The molecular formula is C17H19FN2O4. The molecule has 1 fully saturated rings. The van der Waals surface area contributed by atoms with Crippen molar-refractivity contribution in [3.8, 4) is 11.4 Å². The van der Waals surface area contributed by atoms with E-state index in [1.54, 1.807) is 18.0 Å². The Labute approximate surface area is 139 Å². The van der Waals surface area contributed by atoms with E-state index in [0.717, 1.165) is 18.5 Å². The first-order valence-corrected chi connectivity index (χ1v) is 7.72. The molecule has 3 rings (SSSR count). The standard InChI is InChI=1S/C17H19FN2O4/c1-22-5-6-24-16-8-13(18)12(17(21)23-2)7-15(16)20-9-14(19-10-20)11-3-4-11/h7-11H,3-6H2,1-2H3. The van der Waals surface area contributed by atoms with E-state index >= 15 is 0 Å².